The van der Waals surface area contributed by atoms with E-state index < -0.39 is 6.04 Å². The Morgan fingerprint density at radius 2 is 1.94 bits per heavy atom. The molecular weight excluding hydrogens is 204 g/mol. The van der Waals surface area contributed by atoms with Crippen LogP contribution in [-0.2, 0) is 4.79 Å². The zero-order valence-electron chi connectivity index (χ0n) is 10.6. The minimum atomic E-state index is -0.419. The van der Waals surface area contributed by atoms with Gasteiger partial charge in [0.15, 0.2) is 0 Å². The van der Waals surface area contributed by atoms with Crippen LogP contribution >= 0.6 is 0 Å². The molecule has 0 radical (unpaired) electrons. The fourth-order valence-corrected chi connectivity index (χ4v) is 1.59. The van der Waals surface area contributed by atoms with Crippen molar-refractivity contribution in [3.63, 3.8) is 0 Å². The van der Waals surface area contributed by atoms with E-state index in [9.17, 15) is 4.79 Å². The van der Waals surface area contributed by atoms with Crippen LogP contribution in [0, 0.1) is 0 Å². The van der Waals surface area contributed by atoms with Gasteiger partial charge in [0.2, 0.25) is 5.91 Å². The molecule has 0 aromatic rings. The van der Waals surface area contributed by atoms with Crippen molar-refractivity contribution in [2.24, 2.45) is 5.73 Å². The number of rotatable bonds is 9. The molecule has 0 saturated heterocycles. The van der Waals surface area contributed by atoms with Gasteiger partial charge >= 0.3 is 0 Å². The van der Waals surface area contributed by atoms with Gasteiger partial charge in [-0.3, -0.25) is 4.79 Å². The van der Waals surface area contributed by atoms with E-state index in [-0.39, 0.29) is 12.5 Å². The third-order valence-corrected chi connectivity index (χ3v) is 2.72. The SMILES string of the molecule is CCCCCCN(CCO)C(=O)[C@H](N)CC. The van der Waals surface area contributed by atoms with Crippen molar-refractivity contribution in [3.05, 3.63) is 0 Å². The first-order chi connectivity index (χ1) is 7.67. The Kier molecular flexibility index (Phi) is 9.24. The largest absolute Gasteiger partial charge is 0.395 e. The molecule has 4 nitrogen and oxygen atoms in total. The van der Waals surface area contributed by atoms with E-state index in [0.717, 1.165) is 12.8 Å². The van der Waals surface area contributed by atoms with E-state index in [4.69, 9.17) is 10.8 Å². The number of aliphatic hydroxyl groups excluding tert-OH is 1. The summed E-state index contributed by atoms with van der Waals surface area (Å²) < 4.78 is 0. The highest BCUT2D eigenvalue weighted by atomic mass is 16.3. The van der Waals surface area contributed by atoms with Crippen molar-refractivity contribution in [2.45, 2.75) is 52.0 Å². The van der Waals surface area contributed by atoms with Crippen LogP contribution in [0.2, 0.25) is 0 Å². The van der Waals surface area contributed by atoms with Gasteiger partial charge in [-0.2, -0.15) is 0 Å². The van der Waals surface area contributed by atoms with Crippen molar-refractivity contribution in [1.29, 1.82) is 0 Å². The summed E-state index contributed by atoms with van der Waals surface area (Å²) in [5.41, 5.74) is 5.71. The zero-order valence-corrected chi connectivity index (χ0v) is 10.6. The van der Waals surface area contributed by atoms with Crippen molar-refractivity contribution in [3.8, 4) is 0 Å². The minimum Gasteiger partial charge on any atom is -0.395 e. The highest BCUT2D eigenvalue weighted by molar-refractivity contribution is 5.81. The molecule has 1 atom stereocenters. The van der Waals surface area contributed by atoms with Crippen LogP contribution in [0.25, 0.3) is 0 Å². The Morgan fingerprint density at radius 3 is 2.44 bits per heavy atom. The molecule has 4 heteroatoms. The van der Waals surface area contributed by atoms with Crippen molar-refractivity contribution >= 4 is 5.91 Å². The predicted molar refractivity (Wildman–Crippen MR) is 66.1 cm³/mol. The molecule has 0 unspecified atom stereocenters. The maximum absolute atomic E-state index is 11.8. The summed E-state index contributed by atoms with van der Waals surface area (Å²) in [7, 11) is 0. The number of unbranched alkanes of at least 4 members (excludes halogenated alkanes) is 3. The maximum atomic E-state index is 11.8. The molecule has 3 N–H and O–H groups in total. The molecule has 0 bridgehead atoms. The van der Waals surface area contributed by atoms with Gasteiger partial charge in [-0.1, -0.05) is 33.1 Å². The molecule has 0 rings (SSSR count). The smallest absolute Gasteiger partial charge is 0.239 e. The number of hydrogen-bond acceptors (Lipinski definition) is 3. The first-order valence-corrected chi connectivity index (χ1v) is 6.32. The molecule has 0 aliphatic rings. The second-order valence-electron chi connectivity index (χ2n) is 4.12. The number of nitrogens with zero attached hydrogens (tertiary/aromatic N) is 1. The Labute approximate surface area is 98.8 Å². The minimum absolute atomic E-state index is 0.00987. The van der Waals surface area contributed by atoms with Crippen molar-refractivity contribution in [1.82, 2.24) is 4.90 Å². The molecule has 96 valence electrons. The lowest BCUT2D eigenvalue weighted by atomic mass is 10.1. The van der Waals surface area contributed by atoms with Crippen LogP contribution in [-0.4, -0.2) is 41.7 Å². The van der Waals surface area contributed by atoms with Gasteiger partial charge in [0.25, 0.3) is 0 Å². The number of aliphatic hydroxyl groups is 1. The van der Waals surface area contributed by atoms with E-state index in [1.807, 2.05) is 6.92 Å². The van der Waals surface area contributed by atoms with Gasteiger partial charge in [0.1, 0.15) is 0 Å². The van der Waals surface area contributed by atoms with Gasteiger partial charge in [-0.05, 0) is 12.8 Å². The molecule has 0 aromatic heterocycles. The van der Waals surface area contributed by atoms with E-state index in [2.05, 4.69) is 6.92 Å². The van der Waals surface area contributed by atoms with E-state index in [1.165, 1.54) is 12.8 Å². The monoisotopic (exact) mass is 230 g/mol. The molecule has 1 amide bonds. The van der Waals surface area contributed by atoms with Crippen molar-refractivity contribution < 1.29 is 9.90 Å². The molecule has 0 heterocycles. The molecule has 0 saturated carbocycles. The molecule has 0 spiro atoms. The standard InChI is InChI=1S/C12H26N2O2/c1-3-5-6-7-8-14(9-10-15)12(16)11(13)4-2/h11,15H,3-10,13H2,1-2H3/t11-/m1/s1. The van der Waals surface area contributed by atoms with E-state index in [0.29, 0.717) is 19.5 Å². The van der Waals surface area contributed by atoms with Gasteiger partial charge in [0, 0.05) is 13.1 Å². The van der Waals surface area contributed by atoms with E-state index >= 15 is 0 Å². The quantitative estimate of drug-likeness (QED) is 0.583. The Morgan fingerprint density at radius 1 is 1.25 bits per heavy atom. The normalized spacial score (nSPS) is 12.5. The van der Waals surface area contributed by atoms with Crippen LogP contribution in [0.4, 0.5) is 0 Å². The molecule has 16 heavy (non-hydrogen) atoms. The summed E-state index contributed by atoms with van der Waals surface area (Å²) in [6, 6.07) is -0.419. The third kappa shape index (κ3) is 6.08. The highest BCUT2D eigenvalue weighted by Gasteiger charge is 2.18. The Hall–Kier alpha value is -0.610. The lowest BCUT2D eigenvalue weighted by molar-refractivity contribution is -0.133. The van der Waals surface area contributed by atoms with Crippen LogP contribution in [0.3, 0.4) is 0 Å². The first kappa shape index (κ1) is 15.4. The second-order valence-corrected chi connectivity index (χ2v) is 4.12. The molecule has 0 aliphatic carbocycles. The predicted octanol–water partition coefficient (Wildman–Crippen LogP) is 1.12. The van der Waals surface area contributed by atoms with Gasteiger partial charge in [-0.15, -0.1) is 0 Å². The average Bonchev–Trinajstić information content (AvgIpc) is 2.31. The van der Waals surface area contributed by atoms with E-state index in [1.54, 1.807) is 4.90 Å². The molecule has 0 aromatic carbocycles. The molecule has 0 fully saturated rings. The lowest BCUT2D eigenvalue weighted by Gasteiger charge is -2.24. The van der Waals surface area contributed by atoms with Crippen LogP contribution in [0.15, 0.2) is 0 Å². The van der Waals surface area contributed by atoms with Crippen LogP contribution < -0.4 is 5.73 Å². The first-order valence-electron chi connectivity index (χ1n) is 6.32. The summed E-state index contributed by atoms with van der Waals surface area (Å²) in [6.07, 6.45) is 5.15. The maximum Gasteiger partial charge on any atom is 0.239 e. The molecular formula is C12H26N2O2. The summed E-state index contributed by atoms with van der Waals surface area (Å²) in [5.74, 6) is -0.0342. The van der Waals surface area contributed by atoms with Crippen LogP contribution in [0.5, 0.6) is 0 Å². The lowest BCUT2D eigenvalue weighted by Crippen LogP contribution is -2.45. The summed E-state index contributed by atoms with van der Waals surface area (Å²) in [4.78, 5) is 13.5. The highest BCUT2D eigenvalue weighted by Crippen LogP contribution is 2.03. The fraction of sp³-hybridized carbons (Fsp3) is 0.917. The fourth-order valence-electron chi connectivity index (χ4n) is 1.59. The zero-order chi connectivity index (χ0) is 12.4. The number of hydrogen-bond donors (Lipinski definition) is 2. The second kappa shape index (κ2) is 9.60. The third-order valence-electron chi connectivity index (χ3n) is 2.72. The van der Waals surface area contributed by atoms with Gasteiger partial charge in [-0.25, -0.2) is 0 Å². The Balaban J connectivity index is 4.00. The number of carbonyl (C=O) groups excluding carboxylic acids is 1. The molecule has 0 aliphatic heterocycles. The van der Waals surface area contributed by atoms with Gasteiger partial charge in [0.05, 0.1) is 12.6 Å². The summed E-state index contributed by atoms with van der Waals surface area (Å²) >= 11 is 0. The van der Waals surface area contributed by atoms with Crippen molar-refractivity contribution in [2.75, 3.05) is 19.7 Å². The number of amides is 1. The van der Waals surface area contributed by atoms with Gasteiger partial charge < -0.3 is 15.7 Å². The number of carbonyl (C=O) groups is 1. The van der Waals surface area contributed by atoms with Crippen LogP contribution in [0.1, 0.15) is 46.0 Å². The topological polar surface area (TPSA) is 66.6 Å². The number of nitrogens with two attached hydrogens (primary N) is 1. The summed E-state index contributed by atoms with van der Waals surface area (Å²) in [6.45, 7) is 5.18. The average molecular weight is 230 g/mol. The summed E-state index contributed by atoms with van der Waals surface area (Å²) in [5, 5.41) is 8.91. The Bertz CT molecular complexity index is 186.